The number of hydrogen-bond acceptors (Lipinski definition) is 5. The summed E-state index contributed by atoms with van der Waals surface area (Å²) >= 11 is 6.48. The normalized spacial score (nSPS) is 13.8. The first-order chi connectivity index (χ1) is 16.2. The molecule has 1 fully saturated rings. The molecule has 0 saturated carbocycles. The van der Waals surface area contributed by atoms with Crippen LogP contribution in [-0.4, -0.2) is 61.1 Å². The maximum absolute atomic E-state index is 13.4. The Labute approximate surface area is 205 Å². The Balaban J connectivity index is 1.82. The van der Waals surface area contributed by atoms with E-state index >= 15 is 0 Å². The number of morpholine rings is 1. The molecule has 1 saturated heterocycles. The second-order valence-corrected chi connectivity index (χ2v) is 9.46. The standard InChI is InChI=1S/C25H30ClN5O3/c1-25(2,16-28)17-31(23(32)19-5-3-18(14-27)4-6-19)15-20-13-21(7-8-22(20)26)29-24(33)30-9-11-34-12-10-30/h3-8,13H,9-12,15-17,28H2,1-2H3,(H,29,33). The van der Waals surface area contributed by atoms with Gasteiger partial charge in [-0.3, -0.25) is 4.79 Å². The van der Waals surface area contributed by atoms with E-state index in [1.807, 2.05) is 13.8 Å². The zero-order valence-corrected chi connectivity index (χ0v) is 20.3. The smallest absolute Gasteiger partial charge is 0.321 e. The van der Waals surface area contributed by atoms with Crippen molar-refractivity contribution in [3.63, 3.8) is 0 Å². The van der Waals surface area contributed by atoms with Crippen molar-refractivity contribution in [3.8, 4) is 6.07 Å². The van der Waals surface area contributed by atoms with Crippen LogP contribution in [0.5, 0.6) is 0 Å². The molecule has 0 radical (unpaired) electrons. The predicted octanol–water partition coefficient (Wildman–Crippen LogP) is 3.70. The maximum atomic E-state index is 13.4. The van der Waals surface area contributed by atoms with Crippen LogP contribution >= 0.6 is 11.6 Å². The van der Waals surface area contributed by atoms with Crippen molar-refractivity contribution >= 4 is 29.2 Å². The van der Waals surface area contributed by atoms with Crippen LogP contribution in [0.1, 0.15) is 35.3 Å². The van der Waals surface area contributed by atoms with Crippen LogP contribution in [0.3, 0.4) is 0 Å². The molecule has 3 N–H and O–H groups in total. The third kappa shape index (κ3) is 6.70. The van der Waals surface area contributed by atoms with Gasteiger partial charge >= 0.3 is 6.03 Å². The summed E-state index contributed by atoms with van der Waals surface area (Å²) in [6.45, 7) is 7.13. The topological polar surface area (TPSA) is 112 Å². The average molecular weight is 484 g/mol. The summed E-state index contributed by atoms with van der Waals surface area (Å²) in [4.78, 5) is 29.4. The first-order valence-corrected chi connectivity index (χ1v) is 11.5. The number of amides is 3. The minimum absolute atomic E-state index is 0.190. The lowest BCUT2D eigenvalue weighted by molar-refractivity contribution is 0.0564. The quantitative estimate of drug-likeness (QED) is 0.623. The minimum atomic E-state index is -0.323. The molecule has 1 aliphatic heterocycles. The molecule has 2 aromatic rings. The molecule has 0 bridgehead atoms. The summed E-state index contributed by atoms with van der Waals surface area (Å²) in [5, 5.41) is 12.4. The predicted molar refractivity (Wildman–Crippen MR) is 132 cm³/mol. The molecule has 0 aliphatic carbocycles. The van der Waals surface area contributed by atoms with Crippen molar-refractivity contribution in [2.24, 2.45) is 11.1 Å². The number of nitrogens with zero attached hydrogens (tertiary/aromatic N) is 3. The van der Waals surface area contributed by atoms with Crippen molar-refractivity contribution in [2.75, 3.05) is 44.7 Å². The molecule has 0 unspecified atom stereocenters. The zero-order valence-electron chi connectivity index (χ0n) is 19.5. The van der Waals surface area contributed by atoms with Crippen LogP contribution in [0.15, 0.2) is 42.5 Å². The molecule has 1 aliphatic rings. The van der Waals surface area contributed by atoms with E-state index in [4.69, 9.17) is 27.3 Å². The molecule has 3 rings (SSSR count). The van der Waals surface area contributed by atoms with Gasteiger partial charge in [-0.1, -0.05) is 25.4 Å². The van der Waals surface area contributed by atoms with Gasteiger partial charge in [0, 0.05) is 42.5 Å². The van der Waals surface area contributed by atoms with Gasteiger partial charge < -0.3 is 25.6 Å². The van der Waals surface area contributed by atoms with Crippen LogP contribution in [0, 0.1) is 16.7 Å². The molecule has 0 atom stereocenters. The van der Waals surface area contributed by atoms with E-state index in [-0.39, 0.29) is 23.9 Å². The Morgan fingerprint density at radius 3 is 2.50 bits per heavy atom. The number of hydrogen-bond donors (Lipinski definition) is 2. The second kappa shape index (κ2) is 11.3. The highest BCUT2D eigenvalue weighted by molar-refractivity contribution is 6.31. The fraction of sp³-hybridized carbons (Fsp3) is 0.400. The molecule has 3 amide bonds. The lowest BCUT2D eigenvalue weighted by Gasteiger charge is -2.32. The Kier molecular flexibility index (Phi) is 8.51. The van der Waals surface area contributed by atoms with Crippen molar-refractivity contribution in [1.82, 2.24) is 9.80 Å². The third-order valence-electron chi connectivity index (χ3n) is 5.68. The van der Waals surface area contributed by atoms with Gasteiger partial charge in [0.1, 0.15) is 0 Å². The molecule has 180 valence electrons. The zero-order chi connectivity index (χ0) is 24.7. The van der Waals surface area contributed by atoms with E-state index < -0.39 is 0 Å². The SMILES string of the molecule is CC(C)(CN)CN(Cc1cc(NC(=O)N2CCOCC2)ccc1Cl)C(=O)c1ccc(C#N)cc1. The molecule has 34 heavy (non-hydrogen) atoms. The maximum Gasteiger partial charge on any atom is 0.321 e. The highest BCUT2D eigenvalue weighted by Gasteiger charge is 2.26. The van der Waals surface area contributed by atoms with E-state index in [1.165, 1.54) is 0 Å². The van der Waals surface area contributed by atoms with E-state index in [1.54, 1.807) is 52.3 Å². The summed E-state index contributed by atoms with van der Waals surface area (Å²) in [6, 6.07) is 13.6. The Morgan fingerprint density at radius 2 is 1.88 bits per heavy atom. The van der Waals surface area contributed by atoms with E-state index in [2.05, 4.69) is 11.4 Å². The van der Waals surface area contributed by atoms with Gasteiger partial charge in [0.25, 0.3) is 5.91 Å². The summed E-state index contributed by atoms with van der Waals surface area (Å²) < 4.78 is 5.30. The van der Waals surface area contributed by atoms with Crippen molar-refractivity contribution in [1.29, 1.82) is 5.26 Å². The molecule has 2 aromatic carbocycles. The molecular formula is C25H30ClN5O3. The largest absolute Gasteiger partial charge is 0.378 e. The molecule has 8 nitrogen and oxygen atoms in total. The summed E-state index contributed by atoms with van der Waals surface area (Å²) in [5.74, 6) is -0.190. The van der Waals surface area contributed by atoms with Gasteiger partial charge in [-0.15, -0.1) is 0 Å². The fourth-order valence-electron chi connectivity index (χ4n) is 3.60. The van der Waals surface area contributed by atoms with Crippen molar-refractivity contribution in [3.05, 3.63) is 64.2 Å². The molecular weight excluding hydrogens is 454 g/mol. The first kappa shape index (κ1) is 25.5. The molecule has 0 aromatic heterocycles. The van der Waals surface area contributed by atoms with Gasteiger partial charge in [-0.05, 0) is 60.0 Å². The molecule has 9 heteroatoms. The average Bonchev–Trinajstić information content (AvgIpc) is 2.85. The number of carbonyl (C=O) groups is 2. The van der Waals surface area contributed by atoms with Gasteiger partial charge in [-0.25, -0.2) is 4.79 Å². The van der Waals surface area contributed by atoms with Crippen LogP contribution in [-0.2, 0) is 11.3 Å². The van der Waals surface area contributed by atoms with Gasteiger partial charge in [0.2, 0.25) is 0 Å². The summed E-state index contributed by atoms with van der Waals surface area (Å²) in [5.41, 5.74) is 7.88. The Hall–Kier alpha value is -3.12. The van der Waals surface area contributed by atoms with Gasteiger partial charge in [0.15, 0.2) is 0 Å². The highest BCUT2D eigenvalue weighted by Crippen LogP contribution is 2.26. The number of halogens is 1. The number of carbonyl (C=O) groups excluding carboxylic acids is 2. The fourth-order valence-corrected chi connectivity index (χ4v) is 3.78. The monoisotopic (exact) mass is 483 g/mol. The van der Waals surface area contributed by atoms with Gasteiger partial charge in [-0.2, -0.15) is 5.26 Å². The number of ether oxygens (including phenoxy) is 1. The van der Waals surface area contributed by atoms with E-state index in [9.17, 15) is 9.59 Å². The van der Waals surface area contributed by atoms with Crippen molar-refractivity contribution in [2.45, 2.75) is 20.4 Å². The van der Waals surface area contributed by atoms with Crippen LogP contribution in [0.2, 0.25) is 5.02 Å². The Bertz CT molecular complexity index is 1060. The molecule has 0 spiro atoms. The van der Waals surface area contributed by atoms with E-state index in [0.717, 1.165) is 0 Å². The lowest BCUT2D eigenvalue weighted by Crippen LogP contribution is -2.43. The lowest BCUT2D eigenvalue weighted by atomic mass is 9.92. The number of urea groups is 1. The van der Waals surface area contributed by atoms with Crippen LogP contribution < -0.4 is 11.1 Å². The Morgan fingerprint density at radius 1 is 1.21 bits per heavy atom. The van der Waals surface area contributed by atoms with Crippen LogP contribution in [0.25, 0.3) is 0 Å². The van der Waals surface area contributed by atoms with Gasteiger partial charge in [0.05, 0.1) is 24.8 Å². The highest BCUT2D eigenvalue weighted by atomic mass is 35.5. The number of rotatable bonds is 7. The molecule has 1 heterocycles. The number of nitrogens with one attached hydrogen (secondary N) is 1. The van der Waals surface area contributed by atoms with Crippen LogP contribution in [0.4, 0.5) is 10.5 Å². The van der Waals surface area contributed by atoms with E-state index in [0.29, 0.717) is 66.8 Å². The summed E-state index contributed by atoms with van der Waals surface area (Å²) in [6.07, 6.45) is 0. The number of nitrogens with two attached hydrogens (primary N) is 1. The number of anilines is 1. The number of nitriles is 1. The number of benzene rings is 2. The minimum Gasteiger partial charge on any atom is -0.378 e. The third-order valence-corrected chi connectivity index (χ3v) is 6.04. The summed E-state index contributed by atoms with van der Waals surface area (Å²) in [7, 11) is 0. The first-order valence-electron chi connectivity index (χ1n) is 11.1. The second-order valence-electron chi connectivity index (χ2n) is 9.05. The van der Waals surface area contributed by atoms with Crippen molar-refractivity contribution < 1.29 is 14.3 Å².